The van der Waals surface area contributed by atoms with Gasteiger partial charge in [-0.05, 0) is 48.4 Å². The number of benzene rings is 3. The van der Waals surface area contributed by atoms with E-state index in [1.165, 1.54) is 12.1 Å². The summed E-state index contributed by atoms with van der Waals surface area (Å²) in [6.45, 7) is 4.38. The lowest BCUT2D eigenvalue weighted by molar-refractivity contribution is -0.132. The lowest BCUT2D eigenvalue weighted by atomic mass is 10.1. The van der Waals surface area contributed by atoms with E-state index in [1.807, 2.05) is 49.4 Å². The van der Waals surface area contributed by atoms with Gasteiger partial charge in [-0.2, -0.15) is 0 Å². The quantitative estimate of drug-likeness (QED) is 0.390. The second kappa shape index (κ2) is 9.78. The number of piperazine rings is 1. The van der Waals surface area contributed by atoms with E-state index in [2.05, 4.69) is 4.90 Å². The minimum absolute atomic E-state index is 0.0580. The number of hydrogen-bond donors (Lipinski definition) is 0. The maximum absolute atomic E-state index is 13.4. The van der Waals surface area contributed by atoms with E-state index in [4.69, 9.17) is 0 Å². The molecule has 3 aromatic carbocycles. The molecule has 1 aliphatic rings. The molecule has 5 rings (SSSR count). The van der Waals surface area contributed by atoms with Crippen LogP contribution in [0.25, 0.3) is 10.9 Å². The fraction of sp³-hybridized carbons (Fsp3) is 0.250. The summed E-state index contributed by atoms with van der Waals surface area (Å²) < 4.78 is 41.8. The molecule has 0 saturated carbocycles. The highest BCUT2D eigenvalue weighted by molar-refractivity contribution is 7.90. The van der Waals surface area contributed by atoms with Gasteiger partial charge in [0, 0.05) is 49.0 Å². The summed E-state index contributed by atoms with van der Waals surface area (Å²) in [7, 11) is -3.62. The first kappa shape index (κ1) is 24.1. The number of nitrogens with zero attached hydrogens (tertiary/aromatic N) is 3. The van der Waals surface area contributed by atoms with Crippen LogP contribution in [0.5, 0.6) is 0 Å². The van der Waals surface area contributed by atoms with E-state index in [0.717, 1.165) is 22.3 Å². The molecule has 186 valence electrons. The molecule has 0 bridgehead atoms. The molecule has 0 unspecified atom stereocenters. The lowest BCUT2D eigenvalue weighted by Gasteiger charge is -2.36. The van der Waals surface area contributed by atoms with E-state index in [9.17, 15) is 17.6 Å². The number of sulfone groups is 1. The van der Waals surface area contributed by atoms with Crippen molar-refractivity contribution in [3.05, 3.63) is 95.9 Å². The minimum Gasteiger partial charge on any atom is -0.368 e. The maximum atomic E-state index is 13.4. The van der Waals surface area contributed by atoms with Crippen molar-refractivity contribution in [2.75, 3.05) is 31.1 Å². The van der Waals surface area contributed by atoms with Crippen molar-refractivity contribution in [2.45, 2.75) is 24.1 Å². The Balaban J connectivity index is 1.34. The number of aromatic nitrogens is 1. The van der Waals surface area contributed by atoms with Crippen LogP contribution in [0.2, 0.25) is 0 Å². The molecule has 1 fully saturated rings. The van der Waals surface area contributed by atoms with Crippen LogP contribution in [0, 0.1) is 12.7 Å². The van der Waals surface area contributed by atoms with Gasteiger partial charge < -0.3 is 14.4 Å². The molecule has 8 heteroatoms. The number of fused-ring (bicyclic) bond motifs is 1. The summed E-state index contributed by atoms with van der Waals surface area (Å²) in [6, 6.07) is 21.2. The van der Waals surface area contributed by atoms with Gasteiger partial charge in [0.15, 0.2) is 9.84 Å². The standard InChI is InChI=1S/C28H28FN3O3S/c1-21-6-2-3-7-22(21)20-36(34,35)27-18-32(26-9-5-4-8-25(26)27)19-28(33)31-16-14-30(15-17-31)24-12-10-23(29)11-13-24/h2-13,18H,14-17,19-20H2,1H3. The van der Waals surface area contributed by atoms with E-state index >= 15 is 0 Å². The normalized spacial score (nSPS) is 14.4. The Bertz CT molecular complexity index is 1500. The van der Waals surface area contributed by atoms with Gasteiger partial charge >= 0.3 is 0 Å². The Kier molecular flexibility index (Phi) is 6.53. The molecular formula is C28H28FN3O3S. The Hall–Kier alpha value is -3.65. The fourth-order valence-electron chi connectivity index (χ4n) is 4.76. The third-order valence-electron chi connectivity index (χ3n) is 6.82. The van der Waals surface area contributed by atoms with Crippen molar-refractivity contribution >= 4 is 32.3 Å². The number of halogens is 1. The zero-order chi connectivity index (χ0) is 25.3. The molecule has 2 heterocycles. The van der Waals surface area contributed by atoms with Gasteiger partial charge in [-0.3, -0.25) is 4.79 Å². The number of carbonyl (C=O) groups is 1. The van der Waals surface area contributed by atoms with Crippen molar-refractivity contribution in [3.8, 4) is 0 Å². The summed E-state index contributed by atoms with van der Waals surface area (Å²) in [4.78, 5) is 17.4. The molecule has 1 aromatic heterocycles. The highest BCUT2D eigenvalue weighted by Gasteiger charge is 2.25. The molecule has 0 aliphatic carbocycles. The number of para-hydroxylation sites is 1. The van der Waals surface area contributed by atoms with E-state index < -0.39 is 9.84 Å². The van der Waals surface area contributed by atoms with Gasteiger partial charge in [0.25, 0.3) is 0 Å². The van der Waals surface area contributed by atoms with Crippen LogP contribution in [0.4, 0.5) is 10.1 Å². The number of rotatable bonds is 6. The predicted molar refractivity (Wildman–Crippen MR) is 139 cm³/mol. The summed E-state index contributed by atoms with van der Waals surface area (Å²) in [5.41, 5.74) is 3.35. The Morgan fingerprint density at radius 1 is 0.889 bits per heavy atom. The second-order valence-electron chi connectivity index (χ2n) is 9.17. The van der Waals surface area contributed by atoms with Crippen molar-refractivity contribution in [3.63, 3.8) is 0 Å². The van der Waals surface area contributed by atoms with Crippen LogP contribution < -0.4 is 4.90 Å². The monoisotopic (exact) mass is 505 g/mol. The molecule has 0 atom stereocenters. The molecule has 4 aromatic rings. The zero-order valence-corrected chi connectivity index (χ0v) is 20.9. The van der Waals surface area contributed by atoms with Crippen LogP contribution in [0.3, 0.4) is 0 Å². The van der Waals surface area contributed by atoms with Gasteiger partial charge in [-0.15, -0.1) is 0 Å². The lowest BCUT2D eigenvalue weighted by Crippen LogP contribution is -2.49. The number of hydrogen-bond acceptors (Lipinski definition) is 4. The van der Waals surface area contributed by atoms with Crippen molar-refractivity contribution in [1.29, 1.82) is 0 Å². The van der Waals surface area contributed by atoms with Crippen LogP contribution >= 0.6 is 0 Å². The van der Waals surface area contributed by atoms with E-state index in [-0.39, 0.29) is 28.9 Å². The molecule has 36 heavy (non-hydrogen) atoms. The maximum Gasteiger partial charge on any atom is 0.242 e. The SMILES string of the molecule is Cc1ccccc1CS(=O)(=O)c1cn(CC(=O)N2CCN(c3ccc(F)cc3)CC2)c2ccccc12. The van der Waals surface area contributed by atoms with Crippen molar-refractivity contribution in [1.82, 2.24) is 9.47 Å². The highest BCUT2D eigenvalue weighted by Crippen LogP contribution is 2.29. The summed E-state index contributed by atoms with van der Waals surface area (Å²) in [5, 5.41) is 0.625. The fourth-order valence-corrected chi connectivity index (χ4v) is 6.44. The predicted octanol–water partition coefficient (Wildman–Crippen LogP) is 4.41. The van der Waals surface area contributed by atoms with Crippen LogP contribution in [0.15, 0.2) is 83.9 Å². The first-order chi connectivity index (χ1) is 17.3. The topological polar surface area (TPSA) is 62.6 Å². The largest absolute Gasteiger partial charge is 0.368 e. The first-order valence-corrected chi connectivity index (χ1v) is 13.6. The molecular weight excluding hydrogens is 477 g/mol. The zero-order valence-electron chi connectivity index (χ0n) is 20.1. The number of amides is 1. The van der Waals surface area contributed by atoms with Gasteiger partial charge in [0.1, 0.15) is 12.4 Å². The molecule has 6 nitrogen and oxygen atoms in total. The summed E-state index contributed by atoms with van der Waals surface area (Å²) in [5.74, 6) is -0.420. The number of aryl methyl sites for hydroxylation is 1. The molecule has 0 radical (unpaired) electrons. The molecule has 1 amide bonds. The molecule has 0 spiro atoms. The van der Waals surface area contributed by atoms with Crippen molar-refractivity contribution < 1.29 is 17.6 Å². The second-order valence-corrected chi connectivity index (χ2v) is 11.1. The summed E-state index contributed by atoms with van der Waals surface area (Å²) in [6.07, 6.45) is 1.60. The molecule has 1 aliphatic heterocycles. The first-order valence-electron chi connectivity index (χ1n) is 12.0. The average molecular weight is 506 g/mol. The number of anilines is 1. The Morgan fingerprint density at radius 2 is 1.56 bits per heavy atom. The molecule has 1 saturated heterocycles. The summed E-state index contributed by atoms with van der Waals surface area (Å²) >= 11 is 0. The Morgan fingerprint density at radius 3 is 2.28 bits per heavy atom. The van der Waals surface area contributed by atoms with Gasteiger partial charge in [0.2, 0.25) is 5.91 Å². The van der Waals surface area contributed by atoms with Crippen LogP contribution in [0.1, 0.15) is 11.1 Å². The highest BCUT2D eigenvalue weighted by atomic mass is 32.2. The van der Waals surface area contributed by atoms with Gasteiger partial charge in [0.05, 0.1) is 10.6 Å². The third-order valence-corrected chi connectivity index (χ3v) is 8.51. The van der Waals surface area contributed by atoms with E-state index in [1.54, 1.807) is 33.9 Å². The van der Waals surface area contributed by atoms with Crippen molar-refractivity contribution in [2.24, 2.45) is 0 Å². The van der Waals surface area contributed by atoms with Crippen LogP contribution in [-0.4, -0.2) is 50.0 Å². The smallest absolute Gasteiger partial charge is 0.242 e. The van der Waals surface area contributed by atoms with Gasteiger partial charge in [-0.1, -0.05) is 42.5 Å². The Labute approximate surface area is 210 Å². The van der Waals surface area contributed by atoms with Gasteiger partial charge in [-0.25, -0.2) is 12.8 Å². The number of carbonyl (C=O) groups excluding carboxylic acids is 1. The minimum atomic E-state index is -3.62. The third kappa shape index (κ3) is 4.86. The van der Waals surface area contributed by atoms with Crippen LogP contribution in [-0.2, 0) is 26.9 Å². The average Bonchev–Trinajstić information content (AvgIpc) is 3.25. The molecule has 0 N–H and O–H groups in total. The van der Waals surface area contributed by atoms with E-state index in [0.29, 0.717) is 31.6 Å².